The number of rotatable bonds is 8. The van der Waals surface area contributed by atoms with Gasteiger partial charge in [0.15, 0.2) is 0 Å². The zero-order valence-corrected chi connectivity index (χ0v) is 18.0. The maximum absolute atomic E-state index is 12.3. The molecule has 1 aromatic heterocycles. The molecule has 0 atom stereocenters. The van der Waals surface area contributed by atoms with Gasteiger partial charge in [-0.25, -0.2) is 13.4 Å². The van der Waals surface area contributed by atoms with Crippen LogP contribution in [0.25, 0.3) is 0 Å². The minimum absolute atomic E-state index is 0.135. The zero-order valence-electron chi connectivity index (χ0n) is 17.2. The number of benzene rings is 2. The number of aryl methyl sites for hydroxylation is 1. The van der Waals surface area contributed by atoms with Gasteiger partial charge in [-0.2, -0.15) is 0 Å². The number of aromatic amines is 1. The number of aliphatic carboxylic acids is 1. The van der Waals surface area contributed by atoms with E-state index in [9.17, 15) is 18.0 Å². The highest BCUT2D eigenvalue weighted by molar-refractivity contribution is 7.92. The van der Waals surface area contributed by atoms with Crippen LogP contribution in [0.2, 0.25) is 0 Å². The average molecular weight is 442 g/mol. The number of carbonyl (C=O) groups is 1. The smallest absolute Gasteiger partial charge is 0.308 e. The Labute approximate surface area is 180 Å². The van der Waals surface area contributed by atoms with E-state index in [2.05, 4.69) is 9.97 Å². The van der Waals surface area contributed by atoms with Gasteiger partial charge in [0, 0.05) is 17.7 Å². The van der Waals surface area contributed by atoms with Crippen molar-refractivity contribution < 1.29 is 18.3 Å². The predicted molar refractivity (Wildman–Crippen MR) is 118 cm³/mol. The van der Waals surface area contributed by atoms with Gasteiger partial charge in [0.05, 0.1) is 24.9 Å². The summed E-state index contributed by atoms with van der Waals surface area (Å²) in [6.45, 7) is 1.83. The summed E-state index contributed by atoms with van der Waals surface area (Å²) in [4.78, 5) is 30.0. The molecular formula is C22H23N3O5S. The molecule has 8 nitrogen and oxygen atoms in total. The van der Waals surface area contributed by atoms with Gasteiger partial charge in [0.1, 0.15) is 5.82 Å². The van der Waals surface area contributed by atoms with Crippen molar-refractivity contribution in [1.29, 1.82) is 0 Å². The molecule has 3 rings (SSSR count). The quantitative estimate of drug-likeness (QED) is 0.553. The molecule has 0 radical (unpaired) electrons. The van der Waals surface area contributed by atoms with Crippen molar-refractivity contribution in [2.45, 2.75) is 26.3 Å². The van der Waals surface area contributed by atoms with E-state index in [1.807, 2.05) is 30.3 Å². The van der Waals surface area contributed by atoms with Gasteiger partial charge in [-0.1, -0.05) is 42.5 Å². The average Bonchev–Trinajstić information content (AvgIpc) is 2.69. The Morgan fingerprint density at radius 1 is 1.06 bits per heavy atom. The number of aromatic nitrogens is 2. The first-order valence-electron chi connectivity index (χ1n) is 9.54. The molecule has 0 aliphatic heterocycles. The van der Waals surface area contributed by atoms with Crippen molar-refractivity contribution >= 4 is 21.7 Å². The van der Waals surface area contributed by atoms with Crippen LogP contribution in [-0.2, 0) is 34.2 Å². The lowest BCUT2D eigenvalue weighted by atomic mass is 10.1. The summed E-state index contributed by atoms with van der Waals surface area (Å²) >= 11 is 0. The Morgan fingerprint density at radius 3 is 2.26 bits per heavy atom. The number of anilines is 1. The van der Waals surface area contributed by atoms with Crippen LogP contribution in [-0.4, -0.2) is 35.7 Å². The first-order valence-corrected chi connectivity index (χ1v) is 11.4. The number of hydrogen-bond donors (Lipinski definition) is 2. The normalized spacial score (nSPS) is 11.3. The monoisotopic (exact) mass is 441 g/mol. The van der Waals surface area contributed by atoms with E-state index in [-0.39, 0.29) is 18.5 Å². The van der Waals surface area contributed by atoms with Crippen LogP contribution in [0, 0.1) is 6.92 Å². The molecule has 0 saturated carbocycles. The van der Waals surface area contributed by atoms with Gasteiger partial charge in [-0.15, -0.1) is 0 Å². The molecule has 162 valence electrons. The van der Waals surface area contributed by atoms with Crippen molar-refractivity contribution in [3.63, 3.8) is 0 Å². The lowest BCUT2D eigenvalue weighted by Gasteiger charge is -2.22. The lowest BCUT2D eigenvalue weighted by molar-refractivity contribution is -0.136. The molecule has 0 saturated heterocycles. The molecule has 0 amide bonds. The van der Waals surface area contributed by atoms with E-state index in [0.29, 0.717) is 23.6 Å². The Bertz CT molecular complexity index is 1240. The molecule has 0 bridgehead atoms. The minimum Gasteiger partial charge on any atom is -0.481 e. The molecule has 9 heteroatoms. The van der Waals surface area contributed by atoms with Crippen molar-refractivity contribution in [3.05, 3.63) is 93.2 Å². The van der Waals surface area contributed by atoms with E-state index >= 15 is 0 Å². The van der Waals surface area contributed by atoms with Crippen molar-refractivity contribution in [3.8, 4) is 0 Å². The molecule has 1 heterocycles. The highest BCUT2D eigenvalue weighted by Crippen LogP contribution is 2.22. The van der Waals surface area contributed by atoms with Gasteiger partial charge in [0.2, 0.25) is 10.0 Å². The Balaban J connectivity index is 1.82. The van der Waals surface area contributed by atoms with E-state index < -0.39 is 21.6 Å². The Hall–Kier alpha value is -3.46. The third kappa shape index (κ3) is 5.79. The van der Waals surface area contributed by atoms with Crippen LogP contribution in [0.1, 0.15) is 28.2 Å². The number of H-pyrrole nitrogens is 1. The first kappa shape index (κ1) is 22.2. The fraction of sp³-hybridized carbons (Fsp3) is 0.227. The van der Waals surface area contributed by atoms with Crippen LogP contribution >= 0.6 is 0 Å². The molecule has 0 fully saturated rings. The molecular weight excluding hydrogens is 418 g/mol. The second-order valence-electron chi connectivity index (χ2n) is 7.25. The maximum Gasteiger partial charge on any atom is 0.308 e. The van der Waals surface area contributed by atoms with E-state index in [1.54, 1.807) is 31.2 Å². The highest BCUT2D eigenvalue weighted by Gasteiger charge is 2.18. The SMILES string of the molecule is Cc1nc(Cc2ccc(N(Cc3ccccc3)S(C)(=O)=O)cc2)[nH]c(=O)c1CC(=O)O. The Kier molecular flexibility index (Phi) is 6.55. The standard InChI is InChI=1S/C22H23N3O5S/c1-15-19(13-21(26)27)22(28)24-20(23-15)12-16-8-10-18(11-9-16)25(31(2,29)30)14-17-6-4-3-5-7-17/h3-11H,12-14H2,1-2H3,(H,26,27)(H,23,24,28). The van der Waals surface area contributed by atoms with Crippen LogP contribution in [0.3, 0.4) is 0 Å². The lowest BCUT2D eigenvalue weighted by Crippen LogP contribution is -2.29. The molecule has 0 aliphatic rings. The second-order valence-corrected chi connectivity index (χ2v) is 9.15. The number of nitrogens with zero attached hydrogens (tertiary/aromatic N) is 2. The summed E-state index contributed by atoms with van der Waals surface area (Å²) in [5, 5.41) is 8.91. The number of carboxylic acid groups (broad SMARTS) is 1. The number of carboxylic acids is 1. The van der Waals surface area contributed by atoms with Gasteiger partial charge in [-0.05, 0) is 30.2 Å². The van der Waals surface area contributed by atoms with Gasteiger partial charge >= 0.3 is 5.97 Å². The minimum atomic E-state index is -3.49. The van der Waals surface area contributed by atoms with Gasteiger partial charge < -0.3 is 10.1 Å². The van der Waals surface area contributed by atoms with Crippen LogP contribution < -0.4 is 9.86 Å². The summed E-state index contributed by atoms with van der Waals surface area (Å²) in [6, 6.07) is 16.3. The van der Waals surface area contributed by atoms with E-state index in [4.69, 9.17) is 5.11 Å². The zero-order chi connectivity index (χ0) is 22.6. The summed E-state index contributed by atoms with van der Waals surface area (Å²) in [7, 11) is -3.49. The first-order chi connectivity index (χ1) is 14.6. The molecule has 0 aliphatic carbocycles. The third-order valence-electron chi connectivity index (χ3n) is 4.76. The summed E-state index contributed by atoms with van der Waals surface area (Å²) in [5.74, 6) is -0.682. The van der Waals surface area contributed by atoms with Crippen molar-refractivity contribution in [1.82, 2.24) is 9.97 Å². The van der Waals surface area contributed by atoms with Crippen molar-refractivity contribution in [2.24, 2.45) is 0 Å². The number of hydrogen-bond acceptors (Lipinski definition) is 5. The molecule has 0 unspecified atom stereocenters. The van der Waals surface area contributed by atoms with Gasteiger partial charge in [-0.3, -0.25) is 13.9 Å². The maximum atomic E-state index is 12.3. The molecule has 0 spiro atoms. The predicted octanol–water partition coefficient (Wildman–Crippen LogP) is 2.26. The van der Waals surface area contributed by atoms with Crippen LogP contribution in [0.4, 0.5) is 5.69 Å². The third-order valence-corrected chi connectivity index (χ3v) is 5.91. The van der Waals surface area contributed by atoms with Crippen molar-refractivity contribution in [2.75, 3.05) is 10.6 Å². The molecule has 31 heavy (non-hydrogen) atoms. The molecule has 2 aromatic carbocycles. The number of nitrogens with one attached hydrogen (secondary N) is 1. The number of sulfonamides is 1. The topological polar surface area (TPSA) is 120 Å². The second kappa shape index (κ2) is 9.13. The fourth-order valence-corrected chi connectivity index (χ4v) is 4.12. The van der Waals surface area contributed by atoms with Gasteiger partial charge in [0.25, 0.3) is 5.56 Å². The highest BCUT2D eigenvalue weighted by atomic mass is 32.2. The van der Waals surface area contributed by atoms with Crippen LogP contribution in [0.15, 0.2) is 59.4 Å². The van der Waals surface area contributed by atoms with Crippen LogP contribution in [0.5, 0.6) is 0 Å². The summed E-state index contributed by atoms with van der Waals surface area (Å²) < 4.78 is 26.0. The summed E-state index contributed by atoms with van der Waals surface area (Å²) in [6.07, 6.45) is 1.10. The Morgan fingerprint density at radius 2 is 1.71 bits per heavy atom. The fourth-order valence-electron chi connectivity index (χ4n) is 3.23. The van der Waals surface area contributed by atoms with E-state index in [0.717, 1.165) is 11.1 Å². The summed E-state index contributed by atoms with van der Waals surface area (Å²) in [5.41, 5.74) is 2.28. The molecule has 3 aromatic rings. The largest absolute Gasteiger partial charge is 0.481 e. The molecule has 2 N–H and O–H groups in total. The van der Waals surface area contributed by atoms with E-state index in [1.165, 1.54) is 10.6 Å².